The third-order valence-corrected chi connectivity index (χ3v) is 7.52. The SMILES string of the molecule is Cc1ccc([C@H]2N[C@]3(CCCN(Cc4ccc(Cl)cc4)C3=O)[C@H]3C(=O)N(C)C(=O)[C@@H]23)cc1. The first-order valence-electron chi connectivity index (χ1n) is 11.0. The van der Waals surface area contributed by atoms with Crippen LogP contribution in [0.4, 0.5) is 0 Å². The smallest absolute Gasteiger partial charge is 0.244 e. The maximum absolute atomic E-state index is 13.9. The summed E-state index contributed by atoms with van der Waals surface area (Å²) in [4.78, 5) is 43.3. The standard InChI is InChI=1S/C25H26ClN3O3/c1-15-4-8-17(9-5-15)21-19-20(23(31)28(2)22(19)30)25(27-21)12-3-13-29(24(25)32)14-16-6-10-18(26)11-7-16/h4-11,19-21,27H,3,12-14H2,1-2H3/t19-,20-,21-,25-/m1/s1. The number of amides is 3. The van der Waals surface area contributed by atoms with E-state index in [1.807, 2.05) is 60.4 Å². The minimum absolute atomic E-state index is 0.0974. The van der Waals surface area contributed by atoms with Crippen LogP contribution in [-0.4, -0.2) is 46.7 Å². The minimum Gasteiger partial charge on any atom is -0.337 e. The van der Waals surface area contributed by atoms with E-state index < -0.39 is 17.4 Å². The molecule has 0 aromatic heterocycles. The highest BCUT2D eigenvalue weighted by atomic mass is 35.5. The van der Waals surface area contributed by atoms with Crippen LogP contribution in [0.25, 0.3) is 0 Å². The number of halogens is 1. The number of nitrogens with one attached hydrogen (secondary N) is 1. The Labute approximate surface area is 192 Å². The van der Waals surface area contributed by atoms with E-state index in [-0.39, 0.29) is 23.8 Å². The molecule has 166 valence electrons. The number of likely N-dealkylation sites (tertiary alicyclic amines) is 2. The second-order valence-corrected chi connectivity index (χ2v) is 9.64. The lowest BCUT2D eigenvalue weighted by atomic mass is 9.74. The Morgan fingerprint density at radius 2 is 1.72 bits per heavy atom. The number of rotatable bonds is 3. The number of carbonyl (C=O) groups is 3. The zero-order valence-corrected chi connectivity index (χ0v) is 18.9. The number of aryl methyl sites for hydroxylation is 1. The molecule has 3 aliphatic rings. The second kappa shape index (κ2) is 7.71. The van der Waals surface area contributed by atoms with Crippen molar-refractivity contribution in [2.45, 2.75) is 37.9 Å². The van der Waals surface area contributed by atoms with Gasteiger partial charge in [-0.1, -0.05) is 53.6 Å². The largest absolute Gasteiger partial charge is 0.337 e. The zero-order chi connectivity index (χ0) is 22.6. The molecule has 5 rings (SSSR count). The summed E-state index contributed by atoms with van der Waals surface area (Å²) in [6.45, 7) is 3.08. The number of nitrogens with zero attached hydrogens (tertiary/aromatic N) is 2. The Bertz CT molecular complexity index is 1080. The first kappa shape index (κ1) is 21.2. The van der Waals surface area contributed by atoms with Crippen LogP contribution in [0.1, 0.15) is 35.6 Å². The average Bonchev–Trinajstić information content (AvgIpc) is 3.23. The summed E-state index contributed by atoms with van der Waals surface area (Å²) < 4.78 is 0. The lowest BCUT2D eigenvalue weighted by Crippen LogP contribution is -2.63. The molecule has 0 aliphatic carbocycles. The van der Waals surface area contributed by atoms with Crippen LogP contribution >= 0.6 is 11.6 Å². The van der Waals surface area contributed by atoms with Gasteiger partial charge in [0.25, 0.3) is 0 Å². The highest BCUT2D eigenvalue weighted by molar-refractivity contribution is 6.30. The zero-order valence-electron chi connectivity index (χ0n) is 18.2. The number of benzene rings is 2. The van der Waals surface area contributed by atoms with Crippen molar-refractivity contribution < 1.29 is 14.4 Å². The molecule has 0 unspecified atom stereocenters. The topological polar surface area (TPSA) is 69.7 Å². The molecule has 0 bridgehead atoms. The van der Waals surface area contributed by atoms with E-state index >= 15 is 0 Å². The fourth-order valence-corrected chi connectivity index (χ4v) is 5.76. The number of fused-ring (bicyclic) bond motifs is 2. The maximum Gasteiger partial charge on any atom is 0.244 e. The molecule has 0 saturated carbocycles. The second-order valence-electron chi connectivity index (χ2n) is 9.20. The Morgan fingerprint density at radius 3 is 2.41 bits per heavy atom. The molecule has 2 aromatic carbocycles. The van der Waals surface area contributed by atoms with Crippen molar-refractivity contribution >= 4 is 29.3 Å². The van der Waals surface area contributed by atoms with Crippen molar-refractivity contribution in [2.24, 2.45) is 11.8 Å². The molecule has 3 saturated heterocycles. The third-order valence-electron chi connectivity index (χ3n) is 7.27. The summed E-state index contributed by atoms with van der Waals surface area (Å²) in [5.41, 5.74) is 1.96. The molecule has 3 aliphatic heterocycles. The quantitative estimate of drug-likeness (QED) is 0.728. The van der Waals surface area contributed by atoms with Crippen molar-refractivity contribution in [1.82, 2.24) is 15.1 Å². The van der Waals surface area contributed by atoms with Crippen LogP contribution < -0.4 is 5.32 Å². The van der Waals surface area contributed by atoms with Gasteiger partial charge in [0.1, 0.15) is 5.54 Å². The van der Waals surface area contributed by atoms with Crippen LogP contribution in [0.15, 0.2) is 48.5 Å². The van der Waals surface area contributed by atoms with Gasteiger partial charge in [0.15, 0.2) is 0 Å². The van der Waals surface area contributed by atoms with E-state index in [0.717, 1.165) is 23.1 Å². The molecule has 32 heavy (non-hydrogen) atoms. The predicted octanol–water partition coefficient (Wildman–Crippen LogP) is 3.09. The van der Waals surface area contributed by atoms with Gasteiger partial charge in [-0.05, 0) is 43.0 Å². The van der Waals surface area contributed by atoms with Crippen LogP contribution in [0, 0.1) is 18.8 Å². The lowest BCUT2D eigenvalue weighted by molar-refractivity contribution is -0.149. The van der Waals surface area contributed by atoms with Crippen molar-refractivity contribution in [3.8, 4) is 0 Å². The monoisotopic (exact) mass is 451 g/mol. The van der Waals surface area contributed by atoms with Gasteiger partial charge in [-0.15, -0.1) is 0 Å². The lowest BCUT2D eigenvalue weighted by Gasteiger charge is -2.42. The maximum atomic E-state index is 13.9. The molecule has 6 nitrogen and oxygen atoms in total. The Morgan fingerprint density at radius 1 is 1.03 bits per heavy atom. The fourth-order valence-electron chi connectivity index (χ4n) is 5.63. The average molecular weight is 452 g/mol. The van der Waals surface area contributed by atoms with E-state index in [1.165, 1.54) is 11.9 Å². The predicted molar refractivity (Wildman–Crippen MR) is 121 cm³/mol. The molecule has 7 heteroatoms. The molecule has 0 radical (unpaired) electrons. The summed E-state index contributed by atoms with van der Waals surface area (Å²) in [6.07, 6.45) is 1.31. The third kappa shape index (κ3) is 3.16. The van der Waals surface area contributed by atoms with E-state index in [4.69, 9.17) is 11.6 Å². The van der Waals surface area contributed by atoms with E-state index in [2.05, 4.69) is 5.32 Å². The molecule has 1 N–H and O–H groups in total. The van der Waals surface area contributed by atoms with Crippen molar-refractivity contribution in [3.63, 3.8) is 0 Å². The van der Waals surface area contributed by atoms with Crippen LogP contribution in [-0.2, 0) is 20.9 Å². The van der Waals surface area contributed by atoms with Crippen LogP contribution in [0.5, 0.6) is 0 Å². The summed E-state index contributed by atoms with van der Waals surface area (Å²) in [5.74, 6) is -1.83. The first-order chi connectivity index (χ1) is 15.3. The Kier molecular flexibility index (Phi) is 5.10. The molecule has 3 heterocycles. The van der Waals surface area contributed by atoms with Crippen molar-refractivity contribution in [2.75, 3.05) is 13.6 Å². The molecule has 4 atom stereocenters. The van der Waals surface area contributed by atoms with E-state index in [1.54, 1.807) is 0 Å². The van der Waals surface area contributed by atoms with Gasteiger partial charge in [-0.25, -0.2) is 0 Å². The van der Waals surface area contributed by atoms with Gasteiger partial charge >= 0.3 is 0 Å². The number of piperidine rings is 1. The Balaban J connectivity index is 1.52. The highest BCUT2D eigenvalue weighted by Crippen LogP contribution is 2.51. The summed E-state index contributed by atoms with van der Waals surface area (Å²) >= 11 is 6.01. The number of carbonyl (C=O) groups excluding carboxylic acids is 3. The summed E-state index contributed by atoms with van der Waals surface area (Å²) in [7, 11) is 1.53. The molecule has 3 fully saturated rings. The normalized spacial score (nSPS) is 29.8. The van der Waals surface area contributed by atoms with Gasteiger partial charge in [0.2, 0.25) is 17.7 Å². The molecule has 2 aromatic rings. The van der Waals surface area contributed by atoms with E-state index in [9.17, 15) is 14.4 Å². The number of hydrogen-bond donors (Lipinski definition) is 1. The van der Waals surface area contributed by atoms with E-state index in [0.29, 0.717) is 24.5 Å². The Hall–Kier alpha value is -2.70. The highest BCUT2D eigenvalue weighted by Gasteiger charge is 2.68. The van der Waals surface area contributed by atoms with Gasteiger partial charge in [0.05, 0.1) is 11.8 Å². The molecule has 1 spiro atoms. The molecular weight excluding hydrogens is 426 g/mol. The van der Waals surface area contributed by atoms with Gasteiger partial charge in [-0.2, -0.15) is 0 Å². The van der Waals surface area contributed by atoms with Crippen molar-refractivity contribution in [3.05, 3.63) is 70.2 Å². The molecular formula is C25H26ClN3O3. The molecule has 3 amide bonds. The summed E-state index contributed by atoms with van der Waals surface area (Å²) in [6, 6.07) is 15.0. The van der Waals surface area contributed by atoms with Gasteiger partial charge in [0, 0.05) is 31.2 Å². The fraction of sp³-hybridized carbons (Fsp3) is 0.400. The van der Waals surface area contributed by atoms with Crippen molar-refractivity contribution in [1.29, 1.82) is 0 Å². The van der Waals surface area contributed by atoms with Crippen LogP contribution in [0.2, 0.25) is 5.02 Å². The number of imide groups is 1. The summed E-state index contributed by atoms with van der Waals surface area (Å²) in [5, 5.41) is 4.17. The van der Waals surface area contributed by atoms with Crippen LogP contribution in [0.3, 0.4) is 0 Å². The minimum atomic E-state index is -1.07. The van der Waals surface area contributed by atoms with Gasteiger partial charge in [-0.3, -0.25) is 24.6 Å². The first-order valence-corrected chi connectivity index (χ1v) is 11.4. The number of hydrogen-bond acceptors (Lipinski definition) is 4. The van der Waals surface area contributed by atoms with Gasteiger partial charge < -0.3 is 4.90 Å².